The van der Waals surface area contributed by atoms with Gasteiger partial charge in [-0.25, -0.2) is 4.39 Å². The summed E-state index contributed by atoms with van der Waals surface area (Å²) in [6.45, 7) is 5.16. The number of ether oxygens (including phenoxy) is 1. The third kappa shape index (κ3) is 8.71. The number of rotatable bonds is 15. The molecule has 0 spiro atoms. The lowest BCUT2D eigenvalue weighted by molar-refractivity contribution is 0.302. The van der Waals surface area contributed by atoms with Gasteiger partial charge in [0, 0.05) is 17.8 Å². The van der Waals surface area contributed by atoms with Crippen LogP contribution in [0.25, 0.3) is 11.3 Å². The first-order valence-electron chi connectivity index (χ1n) is 14.1. The van der Waals surface area contributed by atoms with Gasteiger partial charge in [-0.1, -0.05) is 84.1 Å². The first-order valence-corrected chi connectivity index (χ1v) is 14.1. The van der Waals surface area contributed by atoms with Gasteiger partial charge >= 0.3 is 0 Å². The lowest BCUT2D eigenvalue weighted by atomic mass is 9.77. The van der Waals surface area contributed by atoms with Crippen LogP contribution in [0, 0.1) is 11.7 Å². The number of nitrogens with zero attached hydrogens (tertiary/aromatic N) is 1. The zero-order valence-corrected chi connectivity index (χ0v) is 21.7. The summed E-state index contributed by atoms with van der Waals surface area (Å²) >= 11 is 0. The van der Waals surface area contributed by atoms with Gasteiger partial charge in [-0.2, -0.15) is 0 Å². The molecule has 2 aromatic rings. The van der Waals surface area contributed by atoms with Crippen molar-refractivity contribution >= 4 is 0 Å². The number of hydrogen-bond donors (Lipinski definition) is 0. The van der Waals surface area contributed by atoms with E-state index in [1.807, 2.05) is 18.3 Å². The molecule has 0 bridgehead atoms. The SMILES string of the molecule is CCCCCCCCOc1ccc(-c2ccc([C@H]3CC[C@H](CCCCCC)CC3)cn2)c(F)c1. The smallest absolute Gasteiger partial charge is 0.136 e. The molecule has 0 atom stereocenters. The molecule has 1 aromatic carbocycles. The fourth-order valence-electron chi connectivity index (χ4n) is 5.32. The molecule has 1 heterocycles. The summed E-state index contributed by atoms with van der Waals surface area (Å²) in [5.74, 6) is 1.87. The van der Waals surface area contributed by atoms with Crippen LogP contribution < -0.4 is 4.74 Å². The van der Waals surface area contributed by atoms with Crippen molar-refractivity contribution in [3.05, 3.63) is 47.9 Å². The van der Waals surface area contributed by atoms with E-state index in [0.29, 0.717) is 29.5 Å². The molecule has 1 fully saturated rings. The van der Waals surface area contributed by atoms with E-state index in [-0.39, 0.29) is 5.82 Å². The summed E-state index contributed by atoms with van der Waals surface area (Å²) in [6, 6.07) is 9.33. The van der Waals surface area contributed by atoms with Crippen LogP contribution in [-0.4, -0.2) is 11.6 Å². The van der Waals surface area contributed by atoms with Gasteiger partial charge in [-0.15, -0.1) is 0 Å². The minimum Gasteiger partial charge on any atom is -0.493 e. The molecular formula is C31H46FNO. The molecule has 0 amide bonds. The second kappa shape index (κ2) is 15.2. The van der Waals surface area contributed by atoms with Crippen LogP contribution in [0.3, 0.4) is 0 Å². The number of halogens is 1. The third-order valence-electron chi connectivity index (χ3n) is 7.55. The lowest BCUT2D eigenvalue weighted by Crippen LogP contribution is -2.13. The second-order valence-corrected chi connectivity index (χ2v) is 10.3. The normalized spacial score (nSPS) is 18.2. The summed E-state index contributed by atoms with van der Waals surface area (Å²) in [7, 11) is 0. The molecule has 0 radical (unpaired) electrons. The van der Waals surface area contributed by atoms with Crippen LogP contribution in [-0.2, 0) is 0 Å². The molecule has 1 saturated carbocycles. The van der Waals surface area contributed by atoms with E-state index in [4.69, 9.17) is 4.74 Å². The first kappa shape index (κ1) is 26.7. The monoisotopic (exact) mass is 467 g/mol. The van der Waals surface area contributed by atoms with Gasteiger partial charge in [-0.3, -0.25) is 4.98 Å². The number of unbranched alkanes of at least 4 members (excludes halogenated alkanes) is 8. The highest BCUT2D eigenvalue weighted by Crippen LogP contribution is 2.38. The van der Waals surface area contributed by atoms with Crippen molar-refractivity contribution in [2.24, 2.45) is 5.92 Å². The van der Waals surface area contributed by atoms with Crippen molar-refractivity contribution in [2.75, 3.05) is 6.61 Å². The zero-order valence-electron chi connectivity index (χ0n) is 21.7. The van der Waals surface area contributed by atoms with Crippen LogP contribution in [0.1, 0.15) is 122 Å². The van der Waals surface area contributed by atoms with Crippen LogP contribution in [0.2, 0.25) is 0 Å². The molecule has 34 heavy (non-hydrogen) atoms. The van der Waals surface area contributed by atoms with Gasteiger partial charge in [0.2, 0.25) is 0 Å². The maximum Gasteiger partial charge on any atom is 0.136 e. The summed E-state index contributed by atoms with van der Waals surface area (Å²) < 4.78 is 20.5. The van der Waals surface area contributed by atoms with Crippen molar-refractivity contribution in [1.82, 2.24) is 4.98 Å². The number of hydrogen-bond acceptors (Lipinski definition) is 2. The Morgan fingerprint density at radius 3 is 2.21 bits per heavy atom. The van der Waals surface area contributed by atoms with E-state index < -0.39 is 0 Å². The topological polar surface area (TPSA) is 22.1 Å². The molecule has 0 aliphatic heterocycles. The Balaban J connectivity index is 1.44. The summed E-state index contributed by atoms with van der Waals surface area (Å²) in [5, 5.41) is 0. The maximum absolute atomic E-state index is 14.8. The second-order valence-electron chi connectivity index (χ2n) is 10.3. The highest BCUT2D eigenvalue weighted by molar-refractivity contribution is 5.61. The van der Waals surface area contributed by atoms with Gasteiger partial charge in [-0.05, 0) is 67.7 Å². The van der Waals surface area contributed by atoms with Crippen LogP contribution in [0.4, 0.5) is 4.39 Å². The quantitative estimate of drug-likeness (QED) is 0.243. The number of benzene rings is 1. The molecule has 1 aliphatic carbocycles. The molecule has 188 valence electrons. The predicted molar refractivity (Wildman–Crippen MR) is 142 cm³/mol. The lowest BCUT2D eigenvalue weighted by Gasteiger charge is -2.28. The number of aromatic nitrogens is 1. The standard InChI is InChI=1S/C31H46FNO/c1-3-5-7-9-10-12-22-34-28-19-20-29(30(32)23-28)31-21-18-27(24-33-31)26-16-14-25(15-17-26)13-11-8-6-4-2/h18-21,23-26H,3-17,22H2,1-2H3/t25-,26-. The van der Waals surface area contributed by atoms with Gasteiger partial charge in [0.25, 0.3) is 0 Å². The molecule has 0 unspecified atom stereocenters. The van der Waals surface area contributed by atoms with Gasteiger partial charge in [0.05, 0.1) is 12.3 Å². The molecule has 0 N–H and O–H groups in total. The molecule has 1 aliphatic rings. The van der Waals surface area contributed by atoms with Crippen molar-refractivity contribution < 1.29 is 9.13 Å². The first-order chi connectivity index (χ1) is 16.7. The van der Waals surface area contributed by atoms with E-state index in [2.05, 4.69) is 24.9 Å². The Bertz CT molecular complexity index is 811. The van der Waals surface area contributed by atoms with Crippen LogP contribution in [0.15, 0.2) is 36.5 Å². The maximum atomic E-state index is 14.8. The van der Waals surface area contributed by atoms with E-state index in [0.717, 1.165) is 12.3 Å². The zero-order chi connectivity index (χ0) is 24.0. The average Bonchev–Trinajstić information content (AvgIpc) is 2.87. The van der Waals surface area contributed by atoms with E-state index in [1.165, 1.54) is 102 Å². The highest BCUT2D eigenvalue weighted by atomic mass is 19.1. The minimum atomic E-state index is -0.260. The van der Waals surface area contributed by atoms with Gasteiger partial charge in [0.15, 0.2) is 0 Å². The van der Waals surface area contributed by atoms with E-state index in [1.54, 1.807) is 6.07 Å². The Hall–Kier alpha value is -1.90. The molecule has 3 rings (SSSR count). The molecular weight excluding hydrogens is 421 g/mol. The van der Waals surface area contributed by atoms with E-state index in [9.17, 15) is 4.39 Å². The predicted octanol–water partition coefficient (Wildman–Crippen LogP) is 9.87. The van der Waals surface area contributed by atoms with Crippen LogP contribution in [0.5, 0.6) is 5.75 Å². The van der Waals surface area contributed by atoms with Gasteiger partial charge < -0.3 is 4.74 Å². The molecule has 1 aromatic heterocycles. The van der Waals surface area contributed by atoms with Crippen molar-refractivity contribution in [3.8, 4) is 17.0 Å². The number of pyridine rings is 1. The Labute approximate surface area is 207 Å². The summed E-state index contributed by atoms with van der Waals surface area (Å²) in [4.78, 5) is 4.63. The molecule has 2 nitrogen and oxygen atoms in total. The fourth-order valence-corrected chi connectivity index (χ4v) is 5.32. The summed E-state index contributed by atoms with van der Waals surface area (Å²) in [6.07, 6.45) is 21.4. The largest absolute Gasteiger partial charge is 0.493 e. The van der Waals surface area contributed by atoms with E-state index >= 15 is 0 Å². The van der Waals surface area contributed by atoms with Crippen molar-refractivity contribution in [3.63, 3.8) is 0 Å². The van der Waals surface area contributed by atoms with Crippen LogP contribution >= 0.6 is 0 Å². The third-order valence-corrected chi connectivity index (χ3v) is 7.55. The molecule has 3 heteroatoms. The average molecular weight is 468 g/mol. The summed E-state index contributed by atoms with van der Waals surface area (Å²) in [5.41, 5.74) is 2.56. The minimum absolute atomic E-state index is 0.260. The van der Waals surface area contributed by atoms with Crippen molar-refractivity contribution in [1.29, 1.82) is 0 Å². The Morgan fingerprint density at radius 2 is 1.53 bits per heavy atom. The Kier molecular flexibility index (Phi) is 11.9. The fraction of sp³-hybridized carbons (Fsp3) is 0.645. The van der Waals surface area contributed by atoms with Crippen molar-refractivity contribution in [2.45, 2.75) is 116 Å². The molecule has 0 saturated heterocycles. The Morgan fingerprint density at radius 1 is 0.824 bits per heavy atom. The van der Waals surface area contributed by atoms with Gasteiger partial charge in [0.1, 0.15) is 11.6 Å². The highest BCUT2D eigenvalue weighted by Gasteiger charge is 2.22.